The van der Waals surface area contributed by atoms with Crippen molar-refractivity contribution in [1.82, 2.24) is 19.7 Å². The number of likely N-dealkylation sites (N-methyl/N-ethyl adjacent to an activating group) is 1. The van der Waals surface area contributed by atoms with Gasteiger partial charge in [-0.3, -0.25) is 9.69 Å². The summed E-state index contributed by atoms with van der Waals surface area (Å²) in [6.45, 7) is 8.36. The van der Waals surface area contributed by atoms with Gasteiger partial charge in [-0.2, -0.15) is 13.2 Å². The van der Waals surface area contributed by atoms with E-state index in [2.05, 4.69) is 4.98 Å². The molecule has 0 bridgehead atoms. The SMILES string of the molecule is CN(Cc1ccc(C(F)(F)F)c(F)c1)[C@@H]1CN(C(=O)c2ccc(N3CCN(C(=O)OC(C)(C)C)CC3)nc2)C[C@@H]1c1ccc(Cl)c(Cl)c1. The highest BCUT2D eigenvalue weighted by Gasteiger charge is 2.39. The molecule has 2 saturated heterocycles. The number of halogens is 6. The van der Waals surface area contributed by atoms with Crippen molar-refractivity contribution in [2.75, 3.05) is 51.2 Å². The highest BCUT2D eigenvalue weighted by molar-refractivity contribution is 6.42. The molecule has 0 spiro atoms. The Balaban J connectivity index is 1.29. The number of carbonyl (C=O) groups excluding carboxylic acids is 2. The number of hydrogen-bond donors (Lipinski definition) is 0. The van der Waals surface area contributed by atoms with E-state index in [9.17, 15) is 27.2 Å². The van der Waals surface area contributed by atoms with Crippen LogP contribution in [0.4, 0.5) is 28.2 Å². The predicted molar refractivity (Wildman–Crippen MR) is 176 cm³/mol. The van der Waals surface area contributed by atoms with Crippen molar-refractivity contribution in [3.63, 3.8) is 0 Å². The monoisotopic (exact) mass is 709 g/mol. The summed E-state index contributed by atoms with van der Waals surface area (Å²) < 4.78 is 59.2. The third-order valence-corrected chi connectivity index (χ3v) is 9.27. The molecule has 0 radical (unpaired) electrons. The number of benzene rings is 2. The summed E-state index contributed by atoms with van der Waals surface area (Å²) in [5, 5.41) is 0.741. The second-order valence-electron chi connectivity index (χ2n) is 13.1. The fraction of sp³-hybridized carbons (Fsp3) is 0.441. The number of hydrogen-bond acceptors (Lipinski definition) is 6. The molecule has 1 aromatic heterocycles. The van der Waals surface area contributed by atoms with Crippen molar-refractivity contribution in [3.05, 3.63) is 92.8 Å². The van der Waals surface area contributed by atoms with Crippen LogP contribution in [0.3, 0.4) is 0 Å². The van der Waals surface area contributed by atoms with Gasteiger partial charge in [0.05, 0.1) is 21.2 Å². The lowest BCUT2D eigenvalue weighted by Gasteiger charge is -2.36. The molecule has 8 nitrogen and oxygen atoms in total. The quantitative estimate of drug-likeness (QED) is 0.250. The van der Waals surface area contributed by atoms with Gasteiger partial charge in [-0.1, -0.05) is 35.3 Å². The van der Waals surface area contributed by atoms with Gasteiger partial charge < -0.3 is 19.4 Å². The maximum absolute atomic E-state index is 14.4. The van der Waals surface area contributed by atoms with E-state index in [-0.39, 0.29) is 30.5 Å². The lowest BCUT2D eigenvalue weighted by molar-refractivity contribution is -0.140. The standard InChI is InChI=1S/C34H37Cl2F4N5O3/c1-33(2,3)48-32(47)44-13-11-43(12-14-44)30-10-7-23(17-41-30)31(46)45-19-24(22-6-9-26(35)27(36)16-22)29(20-45)42(4)18-21-5-8-25(28(37)15-21)34(38,39)40/h5-10,15-17,24,29H,11-14,18-20H2,1-4H3/t24-,29-/m1/s1. The highest BCUT2D eigenvalue weighted by atomic mass is 35.5. The molecule has 2 atom stereocenters. The molecule has 0 N–H and O–H groups in total. The fourth-order valence-corrected chi connectivity index (χ4v) is 6.40. The molecule has 0 unspecified atom stereocenters. The zero-order chi connectivity index (χ0) is 35.0. The van der Waals surface area contributed by atoms with E-state index in [0.717, 1.165) is 17.7 Å². The molecule has 2 fully saturated rings. The molecule has 2 aliphatic rings. The molecule has 3 heterocycles. The van der Waals surface area contributed by atoms with Gasteiger partial charge in [0.1, 0.15) is 17.2 Å². The van der Waals surface area contributed by atoms with Crippen LogP contribution in [-0.4, -0.2) is 89.6 Å². The van der Waals surface area contributed by atoms with Gasteiger partial charge in [0, 0.05) is 64.0 Å². The summed E-state index contributed by atoms with van der Waals surface area (Å²) in [6.07, 6.45) is -3.60. The summed E-state index contributed by atoms with van der Waals surface area (Å²) >= 11 is 12.5. The first-order chi connectivity index (χ1) is 22.5. The van der Waals surface area contributed by atoms with Crippen LogP contribution in [0.1, 0.15) is 53.7 Å². The second-order valence-corrected chi connectivity index (χ2v) is 14.0. The fourth-order valence-electron chi connectivity index (χ4n) is 6.09. The number of amides is 2. The lowest BCUT2D eigenvalue weighted by atomic mass is 9.93. The average Bonchev–Trinajstić information content (AvgIpc) is 3.47. The largest absolute Gasteiger partial charge is 0.444 e. The van der Waals surface area contributed by atoms with E-state index in [1.807, 2.05) is 36.6 Å². The Bertz CT molecular complexity index is 1640. The Morgan fingerprint density at radius 2 is 1.65 bits per heavy atom. The molecule has 14 heteroatoms. The van der Waals surface area contributed by atoms with Gasteiger partial charge in [0.2, 0.25) is 0 Å². The van der Waals surface area contributed by atoms with Crippen molar-refractivity contribution in [3.8, 4) is 0 Å². The number of rotatable bonds is 6. The number of pyridine rings is 1. The normalized spacial score (nSPS) is 18.9. The number of ether oxygens (including phenoxy) is 1. The minimum absolute atomic E-state index is 0.150. The number of alkyl halides is 3. The van der Waals surface area contributed by atoms with E-state index in [1.54, 1.807) is 41.1 Å². The number of anilines is 1. The van der Waals surface area contributed by atoms with Crippen LogP contribution in [0.2, 0.25) is 10.0 Å². The van der Waals surface area contributed by atoms with Crippen molar-refractivity contribution in [1.29, 1.82) is 0 Å². The van der Waals surface area contributed by atoms with Crippen LogP contribution in [0.15, 0.2) is 54.7 Å². The molecule has 2 amide bonds. The van der Waals surface area contributed by atoms with E-state index in [0.29, 0.717) is 66.3 Å². The summed E-state index contributed by atoms with van der Waals surface area (Å²) in [6, 6.07) is 11.4. The predicted octanol–water partition coefficient (Wildman–Crippen LogP) is 7.34. The molecule has 258 valence electrons. The number of piperazine rings is 1. The van der Waals surface area contributed by atoms with E-state index < -0.39 is 23.2 Å². The third-order valence-electron chi connectivity index (χ3n) is 8.54. The van der Waals surface area contributed by atoms with Crippen molar-refractivity contribution in [2.24, 2.45) is 0 Å². The molecular formula is C34H37Cl2F4N5O3. The lowest BCUT2D eigenvalue weighted by Crippen LogP contribution is -2.50. The summed E-state index contributed by atoms with van der Waals surface area (Å²) in [5.74, 6) is -1.10. The van der Waals surface area contributed by atoms with Gasteiger partial charge in [0.15, 0.2) is 0 Å². The molecule has 2 aliphatic heterocycles. The van der Waals surface area contributed by atoms with Crippen LogP contribution in [0, 0.1) is 5.82 Å². The van der Waals surface area contributed by atoms with Gasteiger partial charge in [0.25, 0.3) is 5.91 Å². The Morgan fingerprint density at radius 1 is 0.938 bits per heavy atom. The van der Waals surface area contributed by atoms with Gasteiger partial charge in [-0.05, 0) is 75.3 Å². The van der Waals surface area contributed by atoms with Gasteiger partial charge >= 0.3 is 12.3 Å². The maximum atomic E-state index is 14.4. The first-order valence-electron chi connectivity index (χ1n) is 15.5. The summed E-state index contributed by atoms with van der Waals surface area (Å²) in [4.78, 5) is 38.0. The number of carbonyl (C=O) groups is 2. The molecule has 3 aromatic rings. The van der Waals surface area contributed by atoms with Crippen molar-refractivity contribution >= 4 is 41.0 Å². The van der Waals surface area contributed by atoms with E-state index in [4.69, 9.17) is 27.9 Å². The van der Waals surface area contributed by atoms with Crippen LogP contribution < -0.4 is 4.90 Å². The van der Waals surface area contributed by atoms with Crippen LogP contribution in [-0.2, 0) is 17.5 Å². The zero-order valence-electron chi connectivity index (χ0n) is 27.0. The molecular weight excluding hydrogens is 673 g/mol. The Kier molecular flexibility index (Phi) is 10.5. The van der Waals surface area contributed by atoms with E-state index >= 15 is 0 Å². The molecule has 0 aliphatic carbocycles. The second kappa shape index (κ2) is 14.1. The summed E-state index contributed by atoms with van der Waals surface area (Å²) in [5.41, 5.74) is -0.285. The third kappa shape index (κ3) is 8.33. The number of nitrogens with zero attached hydrogens (tertiary/aromatic N) is 5. The molecule has 2 aromatic carbocycles. The molecule has 0 saturated carbocycles. The van der Waals surface area contributed by atoms with Crippen LogP contribution in [0.25, 0.3) is 0 Å². The first-order valence-corrected chi connectivity index (χ1v) is 16.2. The van der Waals surface area contributed by atoms with Crippen LogP contribution in [0.5, 0.6) is 0 Å². The minimum Gasteiger partial charge on any atom is -0.444 e. The smallest absolute Gasteiger partial charge is 0.419 e. The Hall–Kier alpha value is -3.61. The average molecular weight is 711 g/mol. The highest BCUT2D eigenvalue weighted by Crippen LogP contribution is 2.36. The maximum Gasteiger partial charge on any atom is 0.419 e. The van der Waals surface area contributed by atoms with Gasteiger partial charge in [-0.15, -0.1) is 0 Å². The van der Waals surface area contributed by atoms with Crippen molar-refractivity contribution < 1.29 is 31.9 Å². The number of aromatic nitrogens is 1. The van der Waals surface area contributed by atoms with Gasteiger partial charge in [-0.25, -0.2) is 14.2 Å². The Labute approximate surface area is 287 Å². The molecule has 5 rings (SSSR count). The minimum atomic E-state index is -4.79. The Morgan fingerprint density at radius 3 is 2.23 bits per heavy atom. The van der Waals surface area contributed by atoms with Crippen molar-refractivity contribution in [2.45, 2.75) is 51.1 Å². The molecule has 48 heavy (non-hydrogen) atoms. The van der Waals surface area contributed by atoms with Crippen LogP contribution >= 0.6 is 23.2 Å². The number of likely N-dealkylation sites (tertiary alicyclic amines) is 1. The van der Waals surface area contributed by atoms with E-state index in [1.165, 1.54) is 12.3 Å². The zero-order valence-corrected chi connectivity index (χ0v) is 28.5. The topological polar surface area (TPSA) is 69.2 Å². The first kappa shape index (κ1) is 35.7. The summed E-state index contributed by atoms with van der Waals surface area (Å²) in [7, 11) is 1.79.